The second-order valence-electron chi connectivity index (χ2n) is 6.08. The van der Waals surface area contributed by atoms with Crippen molar-refractivity contribution in [1.82, 2.24) is 19.8 Å². The maximum atomic E-state index is 12.4. The van der Waals surface area contributed by atoms with E-state index in [1.165, 1.54) is 15.9 Å². The Kier molecular flexibility index (Phi) is 3.77. The Labute approximate surface area is 136 Å². The number of aromatic nitrogens is 4. The molecule has 8 heteroatoms. The summed E-state index contributed by atoms with van der Waals surface area (Å²) in [5, 5.41) is 22.2. The fraction of sp³-hybridized carbons (Fsp3) is 0.333. The molecule has 0 aliphatic heterocycles. The normalized spacial score (nSPS) is 11.8. The van der Waals surface area contributed by atoms with E-state index in [-0.39, 0.29) is 17.9 Å². The van der Waals surface area contributed by atoms with Gasteiger partial charge in [0.15, 0.2) is 5.01 Å². The van der Waals surface area contributed by atoms with Gasteiger partial charge in [0.25, 0.3) is 5.56 Å². The third-order valence-corrected chi connectivity index (χ3v) is 4.01. The fourth-order valence-corrected chi connectivity index (χ4v) is 2.71. The number of aromatic hydroxyl groups is 1. The first kappa shape index (κ1) is 15.4. The molecule has 7 nitrogen and oxygen atoms in total. The summed E-state index contributed by atoms with van der Waals surface area (Å²) in [5.74, 6) is 0.782. The highest BCUT2D eigenvalue weighted by atomic mass is 32.1. The summed E-state index contributed by atoms with van der Waals surface area (Å²) in [6.07, 6.45) is 0. The van der Waals surface area contributed by atoms with Crippen molar-refractivity contribution in [1.29, 1.82) is 0 Å². The molecule has 0 aliphatic carbocycles. The maximum Gasteiger partial charge on any atom is 0.297 e. The number of phenols is 1. The van der Waals surface area contributed by atoms with Crippen molar-refractivity contribution in [3.05, 3.63) is 45.3 Å². The lowest BCUT2D eigenvalue weighted by Gasteiger charge is -2.14. The van der Waals surface area contributed by atoms with E-state index in [4.69, 9.17) is 4.74 Å². The molecule has 0 fully saturated rings. The van der Waals surface area contributed by atoms with E-state index in [0.717, 1.165) is 0 Å². The molecule has 1 N–H and O–H groups in total. The predicted octanol–water partition coefficient (Wildman–Crippen LogP) is 2.13. The van der Waals surface area contributed by atoms with Gasteiger partial charge in [0.1, 0.15) is 23.8 Å². The Morgan fingerprint density at radius 3 is 2.57 bits per heavy atom. The van der Waals surface area contributed by atoms with E-state index in [2.05, 4.69) is 15.3 Å². The van der Waals surface area contributed by atoms with Gasteiger partial charge < -0.3 is 9.84 Å². The molecule has 3 rings (SSSR count). The van der Waals surface area contributed by atoms with Gasteiger partial charge in [-0.15, -0.1) is 10.2 Å². The molecule has 0 unspecified atom stereocenters. The highest BCUT2D eigenvalue weighted by molar-refractivity contribution is 7.16. The highest BCUT2D eigenvalue weighted by Gasteiger charge is 2.23. The lowest BCUT2D eigenvalue weighted by molar-refractivity contribution is 0.303. The number of hydrogen-bond donors (Lipinski definition) is 1. The summed E-state index contributed by atoms with van der Waals surface area (Å²) in [5.41, 5.74) is -0.265. The molecular weight excluding hydrogens is 316 g/mol. The number of fused-ring (bicyclic) bond motifs is 1. The smallest absolute Gasteiger partial charge is 0.297 e. The van der Waals surface area contributed by atoms with Crippen molar-refractivity contribution >= 4 is 16.3 Å². The molecule has 0 saturated heterocycles. The van der Waals surface area contributed by atoms with E-state index in [1.54, 1.807) is 24.3 Å². The van der Waals surface area contributed by atoms with Crippen LogP contribution in [0.5, 0.6) is 11.5 Å². The summed E-state index contributed by atoms with van der Waals surface area (Å²) in [6.45, 7) is 5.94. The van der Waals surface area contributed by atoms with Crippen LogP contribution in [0.25, 0.3) is 4.96 Å². The molecule has 0 aliphatic rings. The highest BCUT2D eigenvalue weighted by Crippen LogP contribution is 2.20. The first-order valence-electron chi connectivity index (χ1n) is 7.02. The molecule has 2 heterocycles. The van der Waals surface area contributed by atoms with Crippen LogP contribution in [0, 0.1) is 0 Å². The van der Waals surface area contributed by atoms with Crippen molar-refractivity contribution in [2.75, 3.05) is 0 Å². The minimum atomic E-state index is -0.391. The largest absolute Gasteiger partial charge is 0.508 e. The zero-order chi connectivity index (χ0) is 16.6. The Morgan fingerprint density at radius 2 is 1.91 bits per heavy atom. The van der Waals surface area contributed by atoms with Crippen molar-refractivity contribution < 1.29 is 9.84 Å². The minimum absolute atomic E-state index is 0.175. The second-order valence-corrected chi connectivity index (χ2v) is 7.12. The molecule has 2 aromatic heterocycles. The van der Waals surface area contributed by atoms with E-state index in [0.29, 0.717) is 21.4 Å². The van der Waals surface area contributed by atoms with Crippen LogP contribution in [0.2, 0.25) is 0 Å². The Hall–Kier alpha value is -2.48. The van der Waals surface area contributed by atoms with Crippen molar-refractivity contribution in [2.24, 2.45) is 0 Å². The van der Waals surface area contributed by atoms with Crippen LogP contribution < -0.4 is 10.3 Å². The van der Waals surface area contributed by atoms with Crippen LogP contribution in [0.4, 0.5) is 0 Å². The Balaban J connectivity index is 1.87. The molecule has 0 atom stereocenters. The second kappa shape index (κ2) is 5.62. The average Bonchev–Trinajstić information content (AvgIpc) is 2.90. The summed E-state index contributed by atoms with van der Waals surface area (Å²) >= 11 is 1.26. The lowest BCUT2D eigenvalue weighted by atomic mass is 9.93. The molecule has 0 bridgehead atoms. The van der Waals surface area contributed by atoms with E-state index in [1.807, 2.05) is 20.8 Å². The van der Waals surface area contributed by atoms with Crippen LogP contribution in [0.3, 0.4) is 0 Å². The first-order chi connectivity index (χ1) is 10.8. The summed E-state index contributed by atoms with van der Waals surface area (Å²) in [6, 6.07) is 6.40. The topological polar surface area (TPSA) is 89.6 Å². The lowest BCUT2D eigenvalue weighted by Crippen LogP contribution is -2.30. The number of phenolic OH excluding ortho intramolecular Hbond substituents is 1. The van der Waals surface area contributed by atoms with Crippen molar-refractivity contribution in [3.63, 3.8) is 0 Å². The number of nitrogens with zero attached hydrogens (tertiary/aromatic N) is 4. The van der Waals surface area contributed by atoms with Gasteiger partial charge in [-0.3, -0.25) is 4.79 Å². The first-order valence-corrected chi connectivity index (χ1v) is 7.84. The molecule has 120 valence electrons. The zero-order valence-electron chi connectivity index (χ0n) is 13.0. The predicted molar refractivity (Wildman–Crippen MR) is 86.1 cm³/mol. The monoisotopic (exact) mass is 332 g/mol. The summed E-state index contributed by atoms with van der Waals surface area (Å²) in [7, 11) is 0. The third kappa shape index (κ3) is 3.16. The summed E-state index contributed by atoms with van der Waals surface area (Å²) < 4.78 is 6.86. The third-order valence-electron chi connectivity index (χ3n) is 3.14. The minimum Gasteiger partial charge on any atom is -0.508 e. The van der Waals surface area contributed by atoms with Gasteiger partial charge in [-0.05, 0) is 24.3 Å². The van der Waals surface area contributed by atoms with Crippen LogP contribution in [-0.2, 0) is 12.0 Å². The fourth-order valence-electron chi connectivity index (χ4n) is 1.97. The molecule has 0 spiro atoms. The number of ether oxygens (including phenoxy) is 1. The van der Waals surface area contributed by atoms with Crippen LogP contribution >= 0.6 is 11.3 Å². The van der Waals surface area contributed by atoms with E-state index >= 15 is 0 Å². The van der Waals surface area contributed by atoms with Gasteiger partial charge in [0.2, 0.25) is 4.96 Å². The molecule has 3 aromatic rings. The molecule has 0 radical (unpaired) electrons. The van der Waals surface area contributed by atoms with Gasteiger partial charge in [0.05, 0.1) is 0 Å². The van der Waals surface area contributed by atoms with Crippen molar-refractivity contribution in [2.45, 2.75) is 32.8 Å². The molecule has 0 amide bonds. The van der Waals surface area contributed by atoms with Gasteiger partial charge >= 0.3 is 0 Å². The standard InChI is InChI=1S/C15H16N4O3S/c1-15(2,3)12-13(21)19-14(17-16-12)23-11(18-19)8-22-10-6-4-9(20)5-7-10/h4-7,20H,8H2,1-3H3. The number of hydrogen-bond acceptors (Lipinski definition) is 7. The molecular formula is C15H16N4O3S. The quantitative estimate of drug-likeness (QED) is 0.790. The Morgan fingerprint density at radius 1 is 1.22 bits per heavy atom. The number of benzene rings is 1. The van der Waals surface area contributed by atoms with Gasteiger partial charge in [-0.1, -0.05) is 32.1 Å². The van der Waals surface area contributed by atoms with Crippen LogP contribution in [0.15, 0.2) is 29.1 Å². The van der Waals surface area contributed by atoms with Crippen LogP contribution in [-0.4, -0.2) is 24.9 Å². The molecule has 0 saturated carbocycles. The van der Waals surface area contributed by atoms with Crippen molar-refractivity contribution in [3.8, 4) is 11.5 Å². The van der Waals surface area contributed by atoms with Gasteiger partial charge in [-0.2, -0.15) is 9.61 Å². The average molecular weight is 332 g/mol. The Bertz CT molecular complexity index is 894. The molecule has 1 aromatic carbocycles. The number of rotatable bonds is 3. The van der Waals surface area contributed by atoms with Gasteiger partial charge in [-0.25, -0.2) is 0 Å². The summed E-state index contributed by atoms with van der Waals surface area (Å²) in [4.78, 5) is 12.9. The van der Waals surface area contributed by atoms with E-state index in [9.17, 15) is 9.90 Å². The van der Waals surface area contributed by atoms with Crippen LogP contribution in [0.1, 0.15) is 31.5 Å². The SMILES string of the molecule is CC(C)(C)c1nnc2sc(COc3ccc(O)cc3)nn2c1=O. The van der Waals surface area contributed by atoms with E-state index < -0.39 is 5.41 Å². The van der Waals surface area contributed by atoms with Gasteiger partial charge in [0, 0.05) is 5.41 Å². The molecule has 23 heavy (non-hydrogen) atoms. The zero-order valence-corrected chi connectivity index (χ0v) is 13.8. The maximum absolute atomic E-state index is 12.4.